The van der Waals surface area contributed by atoms with Crippen LogP contribution in [0.4, 0.5) is 0 Å². The Balaban J connectivity index is 2.33. The van der Waals surface area contributed by atoms with Gasteiger partial charge in [-0.05, 0) is 5.56 Å². The van der Waals surface area contributed by atoms with E-state index >= 15 is 0 Å². The molecule has 0 aliphatic heterocycles. The van der Waals surface area contributed by atoms with Crippen molar-refractivity contribution in [2.45, 2.75) is 6.61 Å². The summed E-state index contributed by atoms with van der Waals surface area (Å²) in [6.45, 7) is 0.213. The van der Waals surface area contributed by atoms with Gasteiger partial charge in [0.25, 0.3) is 5.91 Å². The van der Waals surface area contributed by atoms with Gasteiger partial charge in [-0.25, -0.2) is 4.79 Å². The number of amides is 1. The molecule has 4 nitrogen and oxygen atoms in total. The zero-order chi connectivity index (χ0) is 12.5. The molecular formula is C13H12NO3. The molecular weight excluding hydrogens is 218 g/mol. The van der Waals surface area contributed by atoms with E-state index in [2.05, 4.69) is 0 Å². The zero-order valence-electron chi connectivity index (χ0n) is 9.13. The molecule has 0 bridgehead atoms. The minimum Gasteiger partial charge on any atom is -0.458 e. The van der Waals surface area contributed by atoms with E-state index in [9.17, 15) is 9.59 Å². The molecule has 0 unspecified atom stereocenters. The molecule has 0 saturated heterocycles. The van der Waals surface area contributed by atoms with Gasteiger partial charge in [-0.2, -0.15) is 0 Å². The smallest absolute Gasteiger partial charge is 0.331 e. The maximum Gasteiger partial charge on any atom is 0.331 e. The van der Waals surface area contributed by atoms with Crippen molar-refractivity contribution >= 4 is 11.9 Å². The SMILES string of the molecule is [NH]C(=O)/C=C/C=C/C(=O)OCc1ccccc1. The molecule has 17 heavy (non-hydrogen) atoms. The van der Waals surface area contributed by atoms with E-state index < -0.39 is 11.9 Å². The van der Waals surface area contributed by atoms with Gasteiger partial charge < -0.3 is 4.74 Å². The van der Waals surface area contributed by atoms with Crippen LogP contribution in [0.25, 0.3) is 0 Å². The first-order valence-corrected chi connectivity index (χ1v) is 4.99. The first kappa shape index (κ1) is 12.7. The molecule has 0 aromatic heterocycles. The molecule has 4 heteroatoms. The van der Waals surface area contributed by atoms with Crippen LogP contribution in [0.15, 0.2) is 54.6 Å². The van der Waals surface area contributed by atoms with Gasteiger partial charge in [0.05, 0.1) is 0 Å². The summed E-state index contributed by atoms with van der Waals surface area (Å²) in [5, 5.41) is 0. The summed E-state index contributed by atoms with van der Waals surface area (Å²) in [4.78, 5) is 21.4. The van der Waals surface area contributed by atoms with E-state index in [0.717, 1.165) is 11.6 Å². The second kappa shape index (κ2) is 7.00. The number of esters is 1. The Labute approximate surface area is 99.4 Å². The zero-order valence-corrected chi connectivity index (χ0v) is 9.13. The topological polar surface area (TPSA) is 67.2 Å². The third-order valence-electron chi connectivity index (χ3n) is 1.81. The Morgan fingerprint density at radius 2 is 1.76 bits per heavy atom. The molecule has 0 saturated carbocycles. The fourth-order valence-corrected chi connectivity index (χ4v) is 1.05. The second-order valence-electron chi connectivity index (χ2n) is 3.18. The van der Waals surface area contributed by atoms with Crippen molar-refractivity contribution in [1.29, 1.82) is 0 Å². The molecule has 0 fully saturated rings. The highest BCUT2D eigenvalue weighted by atomic mass is 16.5. The van der Waals surface area contributed by atoms with Gasteiger partial charge in [0.15, 0.2) is 0 Å². The molecule has 87 valence electrons. The summed E-state index contributed by atoms with van der Waals surface area (Å²) in [5.41, 5.74) is 7.49. The summed E-state index contributed by atoms with van der Waals surface area (Å²) in [6.07, 6.45) is 4.92. The van der Waals surface area contributed by atoms with E-state index in [4.69, 9.17) is 10.5 Å². The largest absolute Gasteiger partial charge is 0.458 e. The predicted molar refractivity (Wildman–Crippen MR) is 62.6 cm³/mol. The number of carbonyl (C=O) groups excluding carboxylic acids is 2. The average Bonchev–Trinajstić information content (AvgIpc) is 2.33. The number of nitrogens with one attached hydrogen (secondary N) is 1. The van der Waals surface area contributed by atoms with Crippen molar-refractivity contribution < 1.29 is 14.3 Å². The quantitative estimate of drug-likeness (QED) is 0.439. The highest BCUT2D eigenvalue weighted by Gasteiger charge is 1.96. The fourth-order valence-electron chi connectivity index (χ4n) is 1.05. The molecule has 0 aliphatic rings. The van der Waals surface area contributed by atoms with Crippen LogP contribution in [0.3, 0.4) is 0 Å². The molecule has 1 amide bonds. The van der Waals surface area contributed by atoms with E-state index in [-0.39, 0.29) is 6.61 Å². The first-order chi connectivity index (χ1) is 8.18. The maximum absolute atomic E-state index is 11.2. The summed E-state index contributed by atoms with van der Waals surface area (Å²) >= 11 is 0. The summed E-state index contributed by atoms with van der Waals surface area (Å²) in [7, 11) is 0. The van der Waals surface area contributed by atoms with Crippen molar-refractivity contribution in [2.75, 3.05) is 0 Å². The van der Waals surface area contributed by atoms with Gasteiger partial charge >= 0.3 is 5.97 Å². The van der Waals surface area contributed by atoms with Gasteiger partial charge in [0.1, 0.15) is 6.61 Å². The number of rotatable bonds is 5. The van der Waals surface area contributed by atoms with Gasteiger partial charge in [-0.3, -0.25) is 10.5 Å². The Hall–Kier alpha value is -2.36. The number of hydrogen-bond donors (Lipinski definition) is 0. The number of allylic oxidation sites excluding steroid dienone is 2. The standard InChI is InChI=1S/C13H12NO3/c14-12(15)8-4-5-9-13(16)17-10-11-6-2-1-3-7-11/h1-9,14H,10H2/b8-4+,9-5+. The third-order valence-corrected chi connectivity index (χ3v) is 1.81. The average molecular weight is 230 g/mol. The van der Waals surface area contributed by atoms with Crippen LogP contribution in [0.2, 0.25) is 0 Å². The van der Waals surface area contributed by atoms with E-state index in [1.54, 1.807) is 0 Å². The van der Waals surface area contributed by atoms with Crippen molar-refractivity contribution in [3.05, 3.63) is 60.2 Å². The van der Waals surface area contributed by atoms with Crippen LogP contribution in [0.1, 0.15) is 5.56 Å². The van der Waals surface area contributed by atoms with E-state index in [1.807, 2.05) is 30.3 Å². The Bertz CT molecular complexity index is 435. The molecule has 1 N–H and O–H groups in total. The van der Waals surface area contributed by atoms with Crippen LogP contribution in [-0.2, 0) is 20.9 Å². The number of ether oxygens (including phenoxy) is 1. The molecule has 0 spiro atoms. The lowest BCUT2D eigenvalue weighted by Crippen LogP contribution is -2.00. The van der Waals surface area contributed by atoms with Crippen molar-refractivity contribution in [3.8, 4) is 0 Å². The van der Waals surface area contributed by atoms with Gasteiger partial charge in [0.2, 0.25) is 0 Å². The highest BCUT2D eigenvalue weighted by Crippen LogP contribution is 2.00. The van der Waals surface area contributed by atoms with Crippen molar-refractivity contribution in [1.82, 2.24) is 5.73 Å². The molecule has 1 rings (SSSR count). The van der Waals surface area contributed by atoms with Crippen molar-refractivity contribution in [2.24, 2.45) is 0 Å². The predicted octanol–water partition coefficient (Wildman–Crippen LogP) is 1.65. The molecule has 0 heterocycles. The van der Waals surface area contributed by atoms with Crippen LogP contribution in [0.5, 0.6) is 0 Å². The third kappa shape index (κ3) is 5.94. The second-order valence-corrected chi connectivity index (χ2v) is 3.18. The molecule has 0 atom stereocenters. The highest BCUT2D eigenvalue weighted by molar-refractivity contribution is 5.86. The van der Waals surface area contributed by atoms with Crippen molar-refractivity contribution in [3.63, 3.8) is 0 Å². The van der Waals surface area contributed by atoms with Crippen LogP contribution in [0, 0.1) is 0 Å². The molecule has 1 radical (unpaired) electrons. The lowest BCUT2D eigenvalue weighted by Gasteiger charge is -2.00. The van der Waals surface area contributed by atoms with Crippen LogP contribution < -0.4 is 5.73 Å². The first-order valence-electron chi connectivity index (χ1n) is 4.99. The Morgan fingerprint density at radius 1 is 1.12 bits per heavy atom. The van der Waals surface area contributed by atoms with Gasteiger partial charge in [0, 0.05) is 12.2 Å². The Morgan fingerprint density at radius 3 is 2.41 bits per heavy atom. The molecule has 1 aromatic rings. The van der Waals surface area contributed by atoms with Crippen LogP contribution >= 0.6 is 0 Å². The van der Waals surface area contributed by atoms with Gasteiger partial charge in [-0.1, -0.05) is 42.5 Å². The number of carbonyl (C=O) groups is 2. The monoisotopic (exact) mass is 230 g/mol. The number of hydrogen-bond acceptors (Lipinski definition) is 3. The summed E-state index contributed by atoms with van der Waals surface area (Å²) in [6, 6.07) is 9.32. The summed E-state index contributed by atoms with van der Waals surface area (Å²) in [5.74, 6) is -1.30. The van der Waals surface area contributed by atoms with E-state index in [0.29, 0.717) is 0 Å². The maximum atomic E-state index is 11.2. The van der Waals surface area contributed by atoms with Gasteiger partial charge in [-0.15, -0.1) is 0 Å². The lowest BCUT2D eigenvalue weighted by atomic mass is 10.2. The van der Waals surface area contributed by atoms with Crippen LogP contribution in [-0.4, -0.2) is 11.9 Å². The lowest BCUT2D eigenvalue weighted by molar-refractivity contribution is -0.139. The summed E-state index contributed by atoms with van der Waals surface area (Å²) < 4.78 is 4.94. The minimum absolute atomic E-state index is 0.213. The molecule has 0 aliphatic carbocycles. The normalized spacial score (nSPS) is 10.8. The Kier molecular flexibility index (Phi) is 5.24. The van der Waals surface area contributed by atoms with E-state index in [1.165, 1.54) is 18.2 Å². The number of benzene rings is 1. The minimum atomic E-state index is -0.813. The fraction of sp³-hybridized carbons (Fsp3) is 0.0769. The molecule has 1 aromatic carbocycles.